The second-order valence-corrected chi connectivity index (χ2v) is 9.21. The van der Waals surface area contributed by atoms with Gasteiger partial charge in [-0.15, -0.1) is 0 Å². The van der Waals surface area contributed by atoms with E-state index in [1.54, 1.807) is 55.6 Å². The number of methoxy groups -OCH3 is 1. The number of rotatable bonds is 8. The molecule has 1 amide bonds. The Morgan fingerprint density at radius 3 is 2.57 bits per heavy atom. The van der Waals surface area contributed by atoms with Gasteiger partial charge in [-0.25, -0.2) is 9.37 Å². The number of aromatic nitrogens is 2. The molecule has 0 saturated heterocycles. The van der Waals surface area contributed by atoms with Gasteiger partial charge >= 0.3 is 0 Å². The number of ether oxygens (including phenoxy) is 2. The van der Waals surface area contributed by atoms with Crippen LogP contribution in [0.15, 0.2) is 111 Å². The molecule has 2 heterocycles. The Hall–Kier alpha value is -5.77. The molecule has 10 heteroatoms. The lowest BCUT2D eigenvalue weighted by atomic mass is 10.2. The molecule has 0 aliphatic heterocycles. The fourth-order valence-corrected chi connectivity index (χ4v) is 4.37. The molecule has 1 N–H and O–H groups in total. The molecule has 208 valence electrons. The van der Waals surface area contributed by atoms with Gasteiger partial charge in [-0.1, -0.05) is 18.2 Å². The van der Waals surface area contributed by atoms with Crippen molar-refractivity contribution in [1.29, 1.82) is 0 Å². The standard InChI is InChI=1S/C32H23FN4O5/c1-40-27-7-4-8-28-25(27)17-29(42-28)31-36-26-6-3-2-5-24(26)32(39)37(31)34-18-20-9-15-23(16-10-20)41-19-30(38)35-22-13-11-21(33)12-14-22/h2-18H,19H2,1H3,(H,35,38). The molecule has 0 atom stereocenters. The van der Waals surface area contributed by atoms with Crippen LogP contribution >= 0.6 is 0 Å². The van der Waals surface area contributed by atoms with E-state index >= 15 is 0 Å². The summed E-state index contributed by atoms with van der Waals surface area (Å²) in [5, 5.41) is 8.26. The van der Waals surface area contributed by atoms with Crippen molar-refractivity contribution < 1.29 is 23.1 Å². The smallest absolute Gasteiger partial charge is 0.282 e. The van der Waals surface area contributed by atoms with E-state index in [1.807, 2.05) is 24.3 Å². The fourth-order valence-electron chi connectivity index (χ4n) is 4.37. The minimum Gasteiger partial charge on any atom is -0.496 e. The minimum absolute atomic E-state index is 0.228. The van der Waals surface area contributed by atoms with Crippen molar-refractivity contribution >= 4 is 39.7 Å². The molecule has 0 fully saturated rings. The average molecular weight is 563 g/mol. The number of furan rings is 1. The van der Waals surface area contributed by atoms with Crippen LogP contribution in [0, 0.1) is 5.82 Å². The third-order valence-electron chi connectivity index (χ3n) is 6.42. The van der Waals surface area contributed by atoms with Crippen molar-refractivity contribution in [1.82, 2.24) is 9.66 Å². The van der Waals surface area contributed by atoms with Crippen LogP contribution in [0.25, 0.3) is 33.5 Å². The highest BCUT2D eigenvalue weighted by Gasteiger charge is 2.18. The first kappa shape index (κ1) is 26.5. The van der Waals surface area contributed by atoms with Gasteiger partial charge in [0, 0.05) is 5.69 Å². The number of nitrogens with zero attached hydrogens (tertiary/aromatic N) is 3. The van der Waals surface area contributed by atoms with Crippen LogP contribution in [-0.4, -0.2) is 35.5 Å². The van der Waals surface area contributed by atoms with Crippen molar-refractivity contribution in [3.05, 3.63) is 119 Å². The first-order valence-electron chi connectivity index (χ1n) is 12.9. The third-order valence-corrected chi connectivity index (χ3v) is 6.42. The Balaban J connectivity index is 1.25. The molecule has 0 saturated carbocycles. The number of carbonyl (C=O) groups excluding carboxylic acids is 1. The van der Waals surface area contributed by atoms with Gasteiger partial charge in [-0.3, -0.25) is 9.59 Å². The van der Waals surface area contributed by atoms with E-state index in [2.05, 4.69) is 10.4 Å². The molecule has 6 rings (SSSR count). The van der Waals surface area contributed by atoms with Crippen LogP contribution in [0.2, 0.25) is 0 Å². The van der Waals surface area contributed by atoms with E-state index in [1.165, 1.54) is 35.2 Å². The Morgan fingerprint density at radius 2 is 1.79 bits per heavy atom. The van der Waals surface area contributed by atoms with Gasteiger partial charge in [0.15, 0.2) is 12.4 Å². The summed E-state index contributed by atoms with van der Waals surface area (Å²) >= 11 is 0. The topological polar surface area (TPSA) is 108 Å². The Kier molecular flexibility index (Phi) is 7.17. The maximum absolute atomic E-state index is 13.5. The number of para-hydroxylation sites is 1. The monoisotopic (exact) mass is 562 g/mol. The predicted molar refractivity (Wildman–Crippen MR) is 158 cm³/mol. The highest BCUT2D eigenvalue weighted by molar-refractivity contribution is 5.92. The Morgan fingerprint density at radius 1 is 1.00 bits per heavy atom. The zero-order chi connectivity index (χ0) is 29.1. The Labute approximate surface area is 238 Å². The van der Waals surface area contributed by atoms with E-state index in [-0.39, 0.29) is 29.7 Å². The molecule has 4 aromatic carbocycles. The van der Waals surface area contributed by atoms with Gasteiger partial charge in [-0.2, -0.15) is 9.78 Å². The number of benzene rings is 4. The maximum atomic E-state index is 13.5. The van der Waals surface area contributed by atoms with E-state index < -0.39 is 0 Å². The molecule has 0 aliphatic rings. The maximum Gasteiger partial charge on any atom is 0.282 e. The normalized spacial score (nSPS) is 11.3. The highest BCUT2D eigenvalue weighted by Crippen LogP contribution is 2.32. The molecule has 0 radical (unpaired) electrons. The number of halogens is 1. The predicted octanol–water partition coefficient (Wildman–Crippen LogP) is 5.86. The number of carbonyl (C=O) groups is 1. The largest absolute Gasteiger partial charge is 0.496 e. The molecule has 0 bridgehead atoms. The number of hydrogen-bond acceptors (Lipinski definition) is 7. The van der Waals surface area contributed by atoms with Gasteiger partial charge in [0.1, 0.15) is 22.9 Å². The third kappa shape index (κ3) is 5.46. The van der Waals surface area contributed by atoms with Crippen LogP contribution in [-0.2, 0) is 4.79 Å². The van der Waals surface area contributed by atoms with Crippen LogP contribution in [0.4, 0.5) is 10.1 Å². The molecule has 0 aliphatic carbocycles. The Bertz CT molecular complexity index is 2000. The van der Waals surface area contributed by atoms with Crippen LogP contribution in [0.3, 0.4) is 0 Å². The van der Waals surface area contributed by atoms with Crippen molar-refractivity contribution in [3.8, 4) is 23.1 Å². The molecule has 0 spiro atoms. The summed E-state index contributed by atoms with van der Waals surface area (Å²) < 4.78 is 31.3. The summed E-state index contributed by atoms with van der Waals surface area (Å²) in [5.41, 5.74) is 1.89. The summed E-state index contributed by atoms with van der Waals surface area (Å²) in [6.07, 6.45) is 1.52. The van der Waals surface area contributed by atoms with E-state index in [0.717, 1.165) is 5.39 Å². The van der Waals surface area contributed by atoms with Gasteiger partial charge in [0.2, 0.25) is 5.82 Å². The number of hydrogen-bond donors (Lipinski definition) is 1. The van der Waals surface area contributed by atoms with E-state index in [4.69, 9.17) is 18.9 Å². The average Bonchev–Trinajstić information content (AvgIpc) is 3.46. The van der Waals surface area contributed by atoms with Gasteiger partial charge in [0.05, 0.1) is 29.6 Å². The summed E-state index contributed by atoms with van der Waals surface area (Å²) in [5.74, 6) is 0.920. The quantitative estimate of drug-likeness (QED) is 0.233. The number of amides is 1. The van der Waals surface area contributed by atoms with E-state index in [9.17, 15) is 14.0 Å². The molecular formula is C32H23FN4O5. The minimum atomic E-state index is -0.388. The summed E-state index contributed by atoms with van der Waals surface area (Å²) in [6.45, 7) is -0.228. The van der Waals surface area contributed by atoms with Gasteiger partial charge in [-0.05, 0) is 84.4 Å². The SMILES string of the molecule is COc1cccc2oc(-c3nc4ccccc4c(=O)n3N=Cc3ccc(OCC(=O)Nc4ccc(F)cc4)cc3)cc12. The van der Waals surface area contributed by atoms with Crippen molar-refractivity contribution in [3.63, 3.8) is 0 Å². The lowest BCUT2D eigenvalue weighted by molar-refractivity contribution is -0.118. The van der Waals surface area contributed by atoms with Gasteiger partial charge in [0.25, 0.3) is 11.5 Å². The second-order valence-electron chi connectivity index (χ2n) is 9.21. The van der Waals surface area contributed by atoms with Crippen LogP contribution in [0.1, 0.15) is 5.56 Å². The van der Waals surface area contributed by atoms with Crippen molar-refractivity contribution in [2.45, 2.75) is 0 Å². The first-order valence-corrected chi connectivity index (χ1v) is 12.9. The molecule has 42 heavy (non-hydrogen) atoms. The number of nitrogens with one attached hydrogen (secondary N) is 1. The summed E-state index contributed by atoms with van der Waals surface area (Å²) in [6, 6.07) is 26.5. The van der Waals surface area contributed by atoms with Crippen molar-refractivity contribution in [2.75, 3.05) is 19.0 Å². The zero-order valence-electron chi connectivity index (χ0n) is 22.3. The van der Waals surface area contributed by atoms with Crippen LogP contribution in [0.5, 0.6) is 11.5 Å². The van der Waals surface area contributed by atoms with Gasteiger partial charge < -0.3 is 19.2 Å². The fraction of sp³-hybridized carbons (Fsp3) is 0.0625. The second kappa shape index (κ2) is 11.4. The number of anilines is 1. The lowest BCUT2D eigenvalue weighted by Crippen LogP contribution is -2.20. The highest BCUT2D eigenvalue weighted by atomic mass is 19.1. The van der Waals surface area contributed by atoms with Crippen molar-refractivity contribution in [2.24, 2.45) is 5.10 Å². The summed E-state index contributed by atoms with van der Waals surface area (Å²) in [7, 11) is 1.58. The summed E-state index contributed by atoms with van der Waals surface area (Å²) in [4.78, 5) is 30.4. The molecule has 0 unspecified atom stereocenters. The lowest BCUT2D eigenvalue weighted by Gasteiger charge is -2.08. The molecule has 2 aromatic heterocycles. The first-order chi connectivity index (χ1) is 20.5. The number of fused-ring (bicyclic) bond motifs is 2. The molecule has 6 aromatic rings. The zero-order valence-corrected chi connectivity index (χ0v) is 22.3. The van der Waals surface area contributed by atoms with E-state index in [0.29, 0.717) is 45.0 Å². The molecule has 9 nitrogen and oxygen atoms in total. The van der Waals surface area contributed by atoms with Crippen LogP contribution < -0.4 is 20.3 Å². The molecular weight excluding hydrogens is 539 g/mol.